The lowest BCUT2D eigenvalue weighted by atomic mass is 10.0. The average Bonchev–Trinajstić information content (AvgIpc) is 3.05. The highest BCUT2D eigenvalue weighted by atomic mass is 32.1. The number of ether oxygens (including phenoxy) is 1. The van der Waals surface area contributed by atoms with Crippen molar-refractivity contribution >= 4 is 16.5 Å². The van der Waals surface area contributed by atoms with E-state index in [1.165, 1.54) is 23.5 Å². The molecule has 128 valence electrons. The first-order chi connectivity index (χ1) is 12.2. The smallest absolute Gasteiger partial charge is 0.206 e. The van der Waals surface area contributed by atoms with E-state index in [1.54, 1.807) is 24.3 Å². The van der Waals surface area contributed by atoms with E-state index in [0.29, 0.717) is 35.9 Å². The van der Waals surface area contributed by atoms with Gasteiger partial charge in [-0.25, -0.2) is 8.78 Å². The van der Waals surface area contributed by atoms with Crippen molar-refractivity contribution in [3.63, 3.8) is 0 Å². The monoisotopic (exact) mass is 359 g/mol. The second-order valence-corrected chi connectivity index (χ2v) is 6.82. The third-order valence-corrected chi connectivity index (χ3v) is 4.94. The Bertz CT molecular complexity index is 900. The molecule has 0 unspecified atom stereocenters. The summed E-state index contributed by atoms with van der Waals surface area (Å²) < 4.78 is 33.0. The minimum absolute atomic E-state index is 0.0892. The molecule has 1 N–H and O–H groups in total. The first kappa shape index (κ1) is 16.0. The molecule has 0 saturated heterocycles. The highest BCUT2D eigenvalue weighted by molar-refractivity contribution is 7.15. The normalized spacial score (nSPS) is 16.2. The van der Waals surface area contributed by atoms with Crippen molar-refractivity contribution < 1.29 is 13.5 Å². The van der Waals surface area contributed by atoms with Gasteiger partial charge in [-0.2, -0.15) is 0 Å². The first-order valence-electron chi connectivity index (χ1n) is 7.94. The fourth-order valence-corrected chi connectivity index (χ4v) is 3.69. The van der Waals surface area contributed by atoms with Gasteiger partial charge < -0.3 is 10.1 Å². The Hall–Kier alpha value is -2.54. The number of benzene rings is 2. The molecule has 2 aromatic carbocycles. The second kappa shape index (κ2) is 6.76. The van der Waals surface area contributed by atoms with Crippen LogP contribution in [0.3, 0.4) is 0 Å². The molecule has 0 saturated carbocycles. The van der Waals surface area contributed by atoms with E-state index in [-0.39, 0.29) is 17.7 Å². The van der Waals surface area contributed by atoms with E-state index in [4.69, 9.17) is 4.74 Å². The summed E-state index contributed by atoms with van der Waals surface area (Å²) in [7, 11) is 0. The number of halogens is 2. The number of anilines is 1. The SMILES string of the molecule is Fc1ccccc1Cc1nnc(N[C@H]2CCOc3c(F)cccc32)s1. The summed E-state index contributed by atoms with van der Waals surface area (Å²) in [5.74, 6) is -0.315. The standard InChI is InChI=1S/C18H15F2N3OS/c19-13-6-2-1-4-11(13)10-16-22-23-18(25-16)21-15-8-9-24-17-12(15)5-3-7-14(17)20/h1-7,15H,8-10H2,(H,21,23)/t15-/m0/s1. The van der Waals surface area contributed by atoms with Crippen molar-refractivity contribution in [2.75, 3.05) is 11.9 Å². The van der Waals surface area contributed by atoms with Crippen molar-refractivity contribution in [2.45, 2.75) is 18.9 Å². The molecule has 25 heavy (non-hydrogen) atoms. The van der Waals surface area contributed by atoms with Crippen LogP contribution in [0.15, 0.2) is 42.5 Å². The molecule has 0 fully saturated rings. The molecular formula is C18H15F2N3OS. The van der Waals surface area contributed by atoms with Crippen LogP contribution in [0.4, 0.5) is 13.9 Å². The van der Waals surface area contributed by atoms with Crippen molar-refractivity contribution in [1.29, 1.82) is 0 Å². The molecule has 2 heterocycles. The fraction of sp³-hybridized carbons (Fsp3) is 0.222. The van der Waals surface area contributed by atoms with Gasteiger partial charge in [0.2, 0.25) is 5.13 Å². The Kier molecular flexibility index (Phi) is 4.31. The topological polar surface area (TPSA) is 47.0 Å². The van der Waals surface area contributed by atoms with Gasteiger partial charge in [0.25, 0.3) is 0 Å². The van der Waals surface area contributed by atoms with Gasteiger partial charge in [0, 0.05) is 18.4 Å². The second-order valence-electron chi connectivity index (χ2n) is 5.76. The zero-order valence-corrected chi connectivity index (χ0v) is 14.0. The van der Waals surface area contributed by atoms with E-state index >= 15 is 0 Å². The molecule has 7 heteroatoms. The third kappa shape index (κ3) is 3.32. The molecule has 0 bridgehead atoms. The molecule has 1 aliphatic heterocycles. The van der Waals surface area contributed by atoms with Crippen LogP contribution in [-0.2, 0) is 6.42 Å². The maximum absolute atomic E-state index is 13.9. The van der Waals surface area contributed by atoms with E-state index in [2.05, 4.69) is 15.5 Å². The van der Waals surface area contributed by atoms with Gasteiger partial charge in [0.05, 0.1) is 12.6 Å². The van der Waals surface area contributed by atoms with Crippen LogP contribution in [0.25, 0.3) is 0 Å². The molecule has 0 radical (unpaired) electrons. The lowest BCUT2D eigenvalue weighted by Crippen LogP contribution is -2.21. The molecule has 0 spiro atoms. The predicted octanol–water partition coefficient (Wildman–Crippen LogP) is 4.34. The maximum atomic E-state index is 13.9. The van der Waals surface area contributed by atoms with E-state index in [9.17, 15) is 8.78 Å². The largest absolute Gasteiger partial charge is 0.490 e. The predicted molar refractivity (Wildman–Crippen MR) is 92.0 cm³/mol. The van der Waals surface area contributed by atoms with Crippen LogP contribution >= 0.6 is 11.3 Å². The van der Waals surface area contributed by atoms with E-state index in [1.807, 2.05) is 6.07 Å². The van der Waals surface area contributed by atoms with Crippen molar-refractivity contribution in [3.05, 3.63) is 70.2 Å². The Morgan fingerprint density at radius 3 is 2.80 bits per heavy atom. The molecule has 3 aromatic rings. The third-order valence-electron chi connectivity index (χ3n) is 4.09. The molecule has 1 aromatic heterocycles. The zero-order chi connectivity index (χ0) is 17.2. The highest BCUT2D eigenvalue weighted by Crippen LogP contribution is 2.36. The summed E-state index contributed by atoms with van der Waals surface area (Å²) in [6.45, 7) is 0.437. The van der Waals surface area contributed by atoms with Gasteiger partial charge in [-0.05, 0) is 17.7 Å². The number of hydrogen-bond acceptors (Lipinski definition) is 5. The lowest BCUT2D eigenvalue weighted by molar-refractivity contribution is 0.260. The van der Waals surface area contributed by atoms with Crippen molar-refractivity contribution in [2.24, 2.45) is 0 Å². The van der Waals surface area contributed by atoms with Crippen molar-refractivity contribution in [3.8, 4) is 5.75 Å². The van der Waals surface area contributed by atoms with Gasteiger partial charge in [0.15, 0.2) is 11.6 Å². The number of hydrogen-bond donors (Lipinski definition) is 1. The van der Waals surface area contributed by atoms with Crippen LogP contribution in [0.2, 0.25) is 0 Å². The van der Waals surface area contributed by atoms with Gasteiger partial charge in [-0.3, -0.25) is 0 Å². The molecular weight excluding hydrogens is 344 g/mol. The fourth-order valence-electron chi connectivity index (χ4n) is 2.87. The van der Waals surface area contributed by atoms with E-state index < -0.39 is 0 Å². The van der Waals surface area contributed by atoms with Crippen molar-refractivity contribution in [1.82, 2.24) is 10.2 Å². The summed E-state index contributed by atoms with van der Waals surface area (Å²) in [6, 6.07) is 11.4. The van der Waals surface area contributed by atoms with Gasteiger partial charge >= 0.3 is 0 Å². The molecule has 0 amide bonds. The Labute approximate surface area is 147 Å². The van der Waals surface area contributed by atoms with Gasteiger partial charge in [-0.15, -0.1) is 10.2 Å². The Balaban J connectivity index is 1.51. The molecule has 4 nitrogen and oxygen atoms in total. The van der Waals surface area contributed by atoms with Gasteiger partial charge in [-0.1, -0.05) is 41.7 Å². The maximum Gasteiger partial charge on any atom is 0.206 e. The average molecular weight is 359 g/mol. The molecule has 1 aliphatic rings. The first-order valence-corrected chi connectivity index (χ1v) is 8.76. The zero-order valence-electron chi connectivity index (χ0n) is 13.2. The highest BCUT2D eigenvalue weighted by Gasteiger charge is 2.24. The van der Waals surface area contributed by atoms with Crippen LogP contribution in [0.5, 0.6) is 5.75 Å². The summed E-state index contributed by atoms with van der Waals surface area (Å²) >= 11 is 1.37. The summed E-state index contributed by atoms with van der Waals surface area (Å²) in [4.78, 5) is 0. The lowest BCUT2D eigenvalue weighted by Gasteiger charge is -2.26. The Morgan fingerprint density at radius 2 is 1.92 bits per heavy atom. The molecule has 4 rings (SSSR count). The Morgan fingerprint density at radius 1 is 1.08 bits per heavy atom. The molecule has 1 atom stereocenters. The van der Waals surface area contributed by atoms with Crippen LogP contribution in [0, 0.1) is 11.6 Å². The van der Waals surface area contributed by atoms with Crippen LogP contribution in [0.1, 0.15) is 28.6 Å². The van der Waals surface area contributed by atoms with Gasteiger partial charge in [0.1, 0.15) is 10.8 Å². The minimum atomic E-state index is -0.360. The summed E-state index contributed by atoms with van der Waals surface area (Å²) in [5.41, 5.74) is 1.36. The minimum Gasteiger partial charge on any atom is -0.490 e. The number of rotatable bonds is 4. The molecule has 0 aliphatic carbocycles. The number of nitrogens with one attached hydrogen (secondary N) is 1. The van der Waals surface area contributed by atoms with Crippen LogP contribution < -0.4 is 10.1 Å². The number of nitrogens with zero attached hydrogens (tertiary/aromatic N) is 2. The quantitative estimate of drug-likeness (QED) is 0.753. The number of para-hydroxylation sites is 1. The number of fused-ring (bicyclic) bond motifs is 1. The summed E-state index contributed by atoms with van der Waals surface area (Å²) in [6.07, 6.45) is 1.10. The van der Waals surface area contributed by atoms with Crippen LogP contribution in [-0.4, -0.2) is 16.8 Å². The number of aromatic nitrogens is 2. The summed E-state index contributed by atoms with van der Waals surface area (Å²) in [5, 5.41) is 12.9. The van der Waals surface area contributed by atoms with E-state index in [0.717, 1.165) is 10.6 Å².